The van der Waals surface area contributed by atoms with Crippen molar-refractivity contribution in [3.63, 3.8) is 0 Å². The molecule has 0 heterocycles. The van der Waals surface area contributed by atoms with E-state index in [4.69, 9.17) is 28.9 Å². The fourth-order valence-electron chi connectivity index (χ4n) is 1.49. The zero-order valence-corrected chi connectivity index (χ0v) is 10.7. The topological polar surface area (TPSA) is 26.0 Å². The monoisotopic (exact) mass is 245 g/mol. The lowest BCUT2D eigenvalue weighted by Crippen LogP contribution is -2.28. The summed E-state index contributed by atoms with van der Waals surface area (Å²) in [6.07, 6.45) is 1.91. The van der Waals surface area contributed by atoms with Gasteiger partial charge in [-0.25, -0.2) is 0 Å². The molecule has 1 aromatic carbocycles. The molecular formula is C12H17Cl2N. The van der Waals surface area contributed by atoms with Crippen LogP contribution < -0.4 is 5.73 Å². The van der Waals surface area contributed by atoms with Crippen LogP contribution >= 0.6 is 23.2 Å². The Morgan fingerprint density at radius 3 is 2.53 bits per heavy atom. The van der Waals surface area contributed by atoms with E-state index in [9.17, 15) is 0 Å². The lowest BCUT2D eigenvalue weighted by atomic mass is 9.81. The van der Waals surface area contributed by atoms with Crippen LogP contribution in [-0.4, -0.2) is 6.54 Å². The average molecular weight is 246 g/mol. The first-order valence-electron chi connectivity index (χ1n) is 5.15. The molecule has 15 heavy (non-hydrogen) atoms. The summed E-state index contributed by atoms with van der Waals surface area (Å²) < 4.78 is 0. The van der Waals surface area contributed by atoms with Crippen molar-refractivity contribution in [2.75, 3.05) is 6.54 Å². The Balaban J connectivity index is 2.94. The van der Waals surface area contributed by atoms with Gasteiger partial charge < -0.3 is 5.73 Å². The molecule has 0 saturated heterocycles. The summed E-state index contributed by atoms with van der Waals surface area (Å²) in [5.41, 5.74) is 6.97. The fourth-order valence-corrected chi connectivity index (χ4v) is 1.87. The number of hydrogen-bond acceptors (Lipinski definition) is 1. The van der Waals surface area contributed by atoms with Gasteiger partial charge in [-0.2, -0.15) is 0 Å². The molecule has 0 fully saturated rings. The molecular weight excluding hydrogens is 229 g/mol. The van der Waals surface area contributed by atoms with E-state index in [0.717, 1.165) is 18.4 Å². The Kier molecular flexibility index (Phi) is 4.45. The Labute approximate surface area is 102 Å². The van der Waals surface area contributed by atoms with Gasteiger partial charge in [-0.05, 0) is 36.4 Å². The van der Waals surface area contributed by atoms with E-state index >= 15 is 0 Å². The van der Waals surface area contributed by atoms with Gasteiger partial charge in [-0.1, -0.05) is 49.2 Å². The Morgan fingerprint density at radius 1 is 1.33 bits per heavy atom. The smallest absolute Gasteiger partial charge is 0.0624 e. The van der Waals surface area contributed by atoms with Crippen molar-refractivity contribution in [2.45, 2.75) is 26.7 Å². The molecule has 0 aromatic heterocycles. The number of nitrogens with two attached hydrogens (primary N) is 1. The Hall–Kier alpha value is -0.240. The largest absolute Gasteiger partial charge is 0.330 e. The molecule has 1 nitrogen and oxygen atoms in total. The standard InChI is InChI=1S/C12H17Cl2N/c1-3-12(2,8-15)7-9-5-4-6-10(13)11(9)14/h4-6H,3,7-8,15H2,1-2H3. The van der Waals surface area contributed by atoms with E-state index in [1.165, 1.54) is 0 Å². The molecule has 1 rings (SSSR count). The molecule has 0 saturated carbocycles. The second kappa shape index (κ2) is 5.20. The van der Waals surface area contributed by atoms with Crippen molar-refractivity contribution < 1.29 is 0 Å². The highest BCUT2D eigenvalue weighted by atomic mass is 35.5. The molecule has 3 heteroatoms. The van der Waals surface area contributed by atoms with Crippen molar-refractivity contribution in [3.8, 4) is 0 Å². The van der Waals surface area contributed by atoms with Gasteiger partial charge >= 0.3 is 0 Å². The second-order valence-corrected chi connectivity index (χ2v) is 5.04. The van der Waals surface area contributed by atoms with Crippen LogP contribution in [-0.2, 0) is 6.42 Å². The lowest BCUT2D eigenvalue weighted by Gasteiger charge is -2.27. The fraction of sp³-hybridized carbons (Fsp3) is 0.500. The van der Waals surface area contributed by atoms with E-state index in [0.29, 0.717) is 16.6 Å². The first-order valence-corrected chi connectivity index (χ1v) is 5.91. The van der Waals surface area contributed by atoms with Crippen LogP contribution in [0.4, 0.5) is 0 Å². The van der Waals surface area contributed by atoms with E-state index < -0.39 is 0 Å². The van der Waals surface area contributed by atoms with Gasteiger partial charge in [-0.15, -0.1) is 0 Å². The minimum absolute atomic E-state index is 0.105. The molecule has 84 valence electrons. The molecule has 0 radical (unpaired) electrons. The molecule has 2 N–H and O–H groups in total. The van der Waals surface area contributed by atoms with Crippen molar-refractivity contribution >= 4 is 23.2 Å². The lowest BCUT2D eigenvalue weighted by molar-refractivity contribution is 0.320. The highest BCUT2D eigenvalue weighted by Gasteiger charge is 2.22. The van der Waals surface area contributed by atoms with Crippen LogP contribution in [0.15, 0.2) is 18.2 Å². The molecule has 1 atom stereocenters. The average Bonchev–Trinajstić information content (AvgIpc) is 2.25. The molecule has 0 bridgehead atoms. The summed E-state index contributed by atoms with van der Waals surface area (Å²) in [5.74, 6) is 0. The van der Waals surface area contributed by atoms with Gasteiger partial charge in [0.1, 0.15) is 0 Å². The summed E-state index contributed by atoms with van der Waals surface area (Å²) in [5, 5.41) is 1.27. The van der Waals surface area contributed by atoms with E-state index in [1.54, 1.807) is 6.07 Å². The third-order valence-electron chi connectivity index (χ3n) is 3.00. The zero-order chi connectivity index (χ0) is 11.5. The normalized spacial score (nSPS) is 15.0. The van der Waals surface area contributed by atoms with Crippen molar-refractivity contribution in [1.29, 1.82) is 0 Å². The maximum Gasteiger partial charge on any atom is 0.0624 e. The molecule has 0 aliphatic heterocycles. The van der Waals surface area contributed by atoms with Gasteiger partial charge in [0.25, 0.3) is 0 Å². The summed E-state index contributed by atoms with van der Waals surface area (Å²) >= 11 is 12.1. The summed E-state index contributed by atoms with van der Waals surface area (Å²) in [7, 11) is 0. The second-order valence-electron chi connectivity index (χ2n) is 4.26. The third kappa shape index (κ3) is 3.10. The minimum atomic E-state index is 0.105. The Bertz CT molecular complexity index is 332. The number of benzene rings is 1. The first kappa shape index (κ1) is 12.8. The molecule has 0 aliphatic carbocycles. The first-order chi connectivity index (χ1) is 7.02. The van der Waals surface area contributed by atoms with E-state index in [2.05, 4.69) is 13.8 Å². The third-order valence-corrected chi connectivity index (χ3v) is 3.85. The van der Waals surface area contributed by atoms with Crippen LogP contribution in [0, 0.1) is 5.41 Å². The predicted molar refractivity (Wildman–Crippen MR) is 67.6 cm³/mol. The summed E-state index contributed by atoms with van der Waals surface area (Å²) in [4.78, 5) is 0. The van der Waals surface area contributed by atoms with Crippen LogP contribution in [0.5, 0.6) is 0 Å². The molecule has 0 aliphatic rings. The van der Waals surface area contributed by atoms with Crippen LogP contribution in [0.1, 0.15) is 25.8 Å². The van der Waals surface area contributed by atoms with Gasteiger partial charge in [0.15, 0.2) is 0 Å². The van der Waals surface area contributed by atoms with Gasteiger partial charge in [-0.3, -0.25) is 0 Å². The summed E-state index contributed by atoms with van der Waals surface area (Å²) in [6.45, 7) is 4.97. The minimum Gasteiger partial charge on any atom is -0.330 e. The van der Waals surface area contributed by atoms with Gasteiger partial charge in [0.2, 0.25) is 0 Å². The quantitative estimate of drug-likeness (QED) is 0.856. The molecule has 1 unspecified atom stereocenters. The highest BCUT2D eigenvalue weighted by Crippen LogP contribution is 2.32. The van der Waals surface area contributed by atoms with Crippen molar-refractivity contribution in [3.05, 3.63) is 33.8 Å². The van der Waals surface area contributed by atoms with Crippen molar-refractivity contribution in [1.82, 2.24) is 0 Å². The molecule has 0 spiro atoms. The number of rotatable bonds is 4. The summed E-state index contributed by atoms with van der Waals surface area (Å²) in [6, 6.07) is 5.74. The Morgan fingerprint density at radius 2 is 2.00 bits per heavy atom. The molecule has 0 amide bonds. The predicted octanol–water partition coefficient (Wildman–Crippen LogP) is 3.91. The van der Waals surface area contributed by atoms with Crippen LogP contribution in [0.25, 0.3) is 0 Å². The highest BCUT2D eigenvalue weighted by molar-refractivity contribution is 6.42. The van der Waals surface area contributed by atoms with Crippen LogP contribution in [0.2, 0.25) is 10.0 Å². The van der Waals surface area contributed by atoms with E-state index in [1.807, 2.05) is 12.1 Å². The maximum absolute atomic E-state index is 6.14. The van der Waals surface area contributed by atoms with Gasteiger partial charge in [0.05, 0.1) is 10.0 Å². The number of hydrogen-bond donors (Lipinski definition) is 1. The van der Waals surface area contributed by atoms with E-state index in [-0.39, 0.29) is 5.41 Å². The maximum atomic E-state index is 6.14. The zero-order valence-electron chi connectivity index (χ0n) is 9.19. The SMILES string of the molecule is CCC(C)(CN)Cc1cccc(Cl)c1Cl. The van der Waals surface area contributed by atoms with Crippen LogP contribution in [0.3, 0.4) is 0 Å². The molecule has 1 aromatic rings. The van der Waals surface area contributed by atoms with Crippen molar-refractivity contribution in [2.24, 2.45) is 11.1 Å². The van der Waals surface area contributed by atoms with Gasteiger partial charge in [0, 0.05) is 0 Å². The number of halogens is 2.